The summed E-state index contributed by atoms with van der Waals surface area (Å²) in [5.41, 5.74) is 7.40. The maximum Gasteiger partial charge on any atom is 0.206 e. The molecule has 0 atom stereocenters. The Kier molecular flexibility index (Phi) is 5.51. The largest absolute Gasteiger partial charge is 0.381 e. The molecule has 25 heavy (non-hydrogen) atoms. The average Bonchev–Trinajstić information content (AvgIpc) is 3.13. The minimum atomic E-state index is -0.579. The average molecular weight is 377 g/mol. The first-order valence-corrected chi connectivity index (χ1v) is 8.83. The molecular formula is C15H16FN7S2. The highest BCUT2D eigenvalue weighted by Gasteiger charge is 2.19. The Morgan fingerprint density at radius 2 is 2.24 bits per heavy atom. The zero-order valence-corrected chi connectivity index (χ0v) is 15.0. The van der Waals surface area contributed by atoms with Gasteiger partial charge < -0.3 is 11.1 Å². The lowest BCUT2D eigenvalue weighted by atomic mass is 10.0. The van der Waals surface area contributed by atoms with E-state index in [0.29, 0.717) is 27.4 Å². The van der Waals surface area contributed by atoms with Gasteiger partial charge in [0.25, 0.3) is 0 Å². The van der Waals surface area contributed by atoms with E-state index in [-0.39, 0.29) is 5.82 Å². The van der Waals surface area contributed by atoms with Gasteiger partial charge in [-0.1, -0.05) is 6.07 Å². The van der Waals surface area contributed by atoms with Crippen molar-refractivity contribution < 1.29 is 4.39 Å². The number of halogens is 1. The van der Waals surface area contributed by atoms with Crippen LogP contribution in [-0.4, -0.2) is 45.0 Å². The summed E-state index contributed by atoms with van der Waals surface area (Å²) in [6.45, 7) is 0.865. The van der Waals surface area contributed by atoms with Gasteiger partial charge in [0, 0.05) is 39.4 Å². The number of hydrogen-bond donors (Lipinski definition) is 4. The fourth-order valence-electron chi connectivity index (χ4n) is 2.28. The molecule has 0 saturated carbocycles. The predicted octanol–water partition coefficient (Wildman–Crippen LogP) is 2.25. The van der Waals surface area contributed by atoms with Gasteiger partial charge in [0.2, 0.25) is 5.82 Å². The van der Waals surface area contributed by atoms with Crippen molar-refractivity contribution in [1.29, 1.82) is 0 Å². The van der Waals surface area contributed by atoms with E-state index in [1.807, 2.05) is 19.2 Å². The highest BCUT2D eigenvalue weighted by atomic mass is 32.2. The predicted molar refractivity (Wildman–Crippen MR) is 99.1 cm³/mol. The number of H-pyrrole nitrogens is 1. The van der Waals surface area contributed by atoms with Crippen LogP contribution in [0.3, 0.4) is 0 Å². The molecule has 7 nitrogen and oxygen atoms in total. The number of hydrogen-bond acceptors (Lipinski definition) is 8. The molecule has 4 N–H and O–H groups in total. The first-order chi connectivity index (χ1) is 12.1. The number of pyridine rings is 1. The van der Waals surface area contributed by atoms with Crippen molar-refractivity contribution >= 4 is 30.2 Å². The van der Waals surface area contributed by atoms with E-state index in [9.17, 15) is 4.39 Å². The molecule has 10 heteroatoms. The number of tetrazole rings is 1. The van der Waals surface area contributed by atoms with E-state index in [2.05, 4.69) is 43.6 Å². The van der Waals surface area contributed by atoms with Crippen molar-refractivity contribution in [2.45, 2.75) is 9.79 Å². The third kappa shape index (κ3) is 3.75. The summed E-state index contributed by atoms with van der Waals surface area (Å²) in [5.74, 6) is 0.543. The van der Waals surface area contributed by atoms with Crippen molar-refractivity contribution in [3.63, 3.8) is 0 Å². The quantitative estimate of drug-likeness (QED) is 0.297. The first kappa shape index (κ1) is 17.6. The van der Waals surface area contributed by atoms with Crippen LogP contribution in [0.25, 0.3) is 22.5 Å². The van der Waals surface area contributed by atoms with Gasteiger partial charge in [-0.05, 0) is 30.0 Å². The fourth-order valence-corrected chi connectivity index (χ4v) is 3.70. The fraction of sp³-hybridized carbons (Fsp3) is 0.200. The molecule has 1 aromatic carbocycles. The lowest BCUT2D eigenvalue weighted by molar-refractivity contribution is 0.628. The molecule has 0 aliphatic rings. The molecular weight excluding hydrogens is 361 g/mol. The molecule has 130 valence electrons. The van der Waals surface area contributed by atoms with Crippen LogP contribution in [0, 0.1) is 5.82 Å². The number of nitrogens with zero attached hydrogens (tertiary/aromatic N) is 4. The van der Waals surface area contributed by atoms with Gasteiger partial charge in [0.15, 0.2) is 11.6 Å². The van der Waals surface area contributed by atoms with Gasteiger partial charge in [0.1, 0.15) is 0 Å². The SMILES string of the molecule is CNCCSc1ccc(-c2cnc(N)c(F)c2)c(-c2nn[nH]n2)c1S. The number of thioether (sulfide) groups is 1. The smallest absolute Gasteiger partial charge is 0.206 e. The summed E-state index contributed by atoms with van der Waals surface area (Å²) in [6.07, 6.45) is 1.51. The number of anilines is 1. The highest BCUT2D eigenvalue weighted by molar-refractivity contribution is 7.99. The van der Waals surface area contributed by atoms with Gasteiger partial charge in [-0.3, -0.25) is 0 Å². The maximum absolute atomic E-state index is 13.9. The highest BCUT2D eigenvalue weighted by Crippen LogP contribution is 2.40. The van der Waals surface area contributed by atoms with E-state index >= 15 is 0 Å². The third-order valence-electron chi connectivity index (χ3n) is 3.50. The van der Waals surface area contributed by atoms with E-state index in [0.717, 1.165) is 17.2 Å². The molecule has 0 amide bonds. The number of benzene rings is 1. The number of nitrogens with two attached hydrogens (primary N) is 1. The number of nitrogens with one attached hydrogen (secondary N) is 2. The molecule has 0 bridgehead atoms. The van der Waals surface area contributed by atoms with E-state index in [4.69, 9.17) is 5.73 Å². The molecule has 2 aromatic heterocycles. The van der Waals surface area contributed by atoms with Crippen LogP contribution in [0.2, 0.25) is 0 Å². The molecule has 0 aliphatic carbocycles. The van der Waals surface area contributed by atoms with Gasteiger partial charge >= 0.3 is 0 Å². The van der Waals surface area contributed by atoms with Gasteiger partial charge in [-0.15, -0.1) is 34.6 Å². The van der Waals surface area contributed by atoms with Gasteiger partial charge in [-0.25, -0.2) is 9.37 Å². The van der Waals surface area contributed by atoms with E-state index in [1.54, 1.807) is 11.8 Å². The number of aromatic amines is 1. The monoisotopic (exact) mass is 377 g/mol. The molecule has 0 aliphatic heterocycles. The Hall–Kier alpha value is -2.17. The van der Waals surface area contributed by atoms with Crippen molar-refractivity contribution in [2.75, 3.05) is 25.1 Å². The Labute approximate surface area is 153 Å². The molecule has 0 unspecified atom stereocenters. The molecule has 0 fully saturated rings. The summed E-state index contributed by atoms with van der Waals surface area (Å²) in [5, 5.41) is 17.3. The minimum Gasteiger partial charge on any atom is -0.381 e. The summed E-state index contributed by atoms with van der Waals surface area (Å²) in [4.78, 5) is 5.57. The second-order valence-electron chi connectivity index (χ2n) is 5.11. The molecule has 2 heterocycles. The minimum absolute atomic E-state index is 0.143. The van der Waals surface area contributed by atoms with Crippen molar-refractivity contribution in [3.8, 4) is 22.5 Å². The molecule has 0 radical (unpaired) electrons. The van der Waals surface area contributed by atoms with Crippen LogP contribution in [0.15, 0.2) is 34.2 Å². The number of aromatic nitrogens is 5. The summed E-state index contributed by atoms with van der Waals surface area (Å²) >= 11 is 6.32. The summed E-state index contributed by atoms with van der Waals surface area (Å²) < 4.78 is 13.9. The van der Waals surface area contributed by atoms with Crippen molar-refractivity contribution in [2.24, 2.45) is 0 Å². The van der Waals surface area contributed by atoms with Crippen LogP contribution in [0.5, 0.6) is 0 Å². The molecule has 3 rings (SSSR count). The van der Waals surface area contributed by atoms with Crippen LogP contribution in [0.1, 0.15) is 0 Å². The zero-order chi connectivity index (χ0) is 17.8. The van der Waals surface area contributed by atoms with Gasteiger partial charge in [0.05, 0.1) is 0 Å². The lowest BCUT2D eigenvalue weighted by Gasteiger charge is -2.14. The number of nitrogen functional groups attached to an aromatic ring is 1. The number of rotatable bonds is 6. The lowest BCUT2D eigenvalue weighted by Crippen LogP contribution is -2.09. The Balaban J connectivity index is 2.11. The number of thiol groups is 1. The Bertz CT molecular complexity index is 871. The van der Waals surface area contributed by atoms with Crippen LogP contribution < -0.4 is 11.1 Å². The van der Waals surface area contributed by atoms with E-state index < -0.39 is 5.82 Å². The normalized spacial score (nSPS) is 11.0. The Morgan fingerprint density at radius 3 is 2.92 bits per heavy atom. The molecule has 0 saturated heterocycles. The third-order valence-corrected chi connectivity index (χ3v) is 5.18. The standard InChI is InChI=1S/C15H16FN7S2/c1-18-4-5-25-11-3-2-9(8-6-10(16)14(17)19-7-8)12(13(11)24)15-20-22-23-21-15/h2-3,6-7,18,24H,4-5H2,1H3,(H2,17,19)(H,20,21,22,23). The molecule has 3 aromatic rings. The van der Waals surface area contributed by atoms with Crippen molar-refractivity contribution in [3.05, 3.63) is 30.2 Å². The zero-order valence-electron chi connectivity index (χ0n) is 13.3. The Morgan fingerprint density at radius 1 is 1.40 bits per heavy atom. The first-order valence-electron chi connectivity index (χ1n) is 7.40. The topological polar surface area (TPSA) is 105 Å². The second-order valence-corrected chi connectivity index (χ2v) is 6.70. The maximum atomic E-state index is 13.9. The van der Waals surface area contributed by atoms with Crippen LogP contribution in [0.4, 0.5) is 10.2 Å². The summed E-state index contributed by atoms with van der Waals surface area (Å²) in [6, 6.07) is 5.15. The van der Waals surface area contributed by atoms with Crippen LogP contribution in [-0.2, 0) is 0 Å². The van der Waals surface area contributed by atoms with Crippen molar-refractivity contribution in [1.82, 2.24) is 30.9 Å². The van der Waals surface area contributed by atoms with Crippen LogP contribution >= 0.6 is 24.4 Å². The van der Waals surface area contributed by atoms with E-state index in [1.165, 1.54) is 12.3 Å². The molecule has 0 spiro atoms. The second kappa shape index (κ2) is 7.81. The van der Waals surface area contributed by atoms with Gasteiger partial charge in [-0.2, -0.15) is 5.21 Å². The summed E-state index contributed by atoms with van der Waals surface area (Å²) in [7, 11) is 1.90.